The Balaban J connectivity index is 2.88. The average molecular weight is 215 g/mol. The van der Waals surface area contributed by atoms with Crippen LogP contribution in [-0.2, 0) is 14.3 Å². The standard InChI is InChI=1S/C10H17NO4/c1-5-14-8(12)10(4)7(6(2)3)11-9(13)15-10/h6-7H,5H2,1-4H3,(H,11,13)/t7-,10+/m0/s1. The number of esters is 1. The van der Waals surface area contributed by atoms with Crippen molar-refractivity contribution in [1.82, 2.24) is 5.32 Å². The SMILES string of the molecule is CCOC(=O)[C@]1(C)OC(=O)N[C@H]1C(C)C. The number of rotatable bonds is 3. The van der Waals surface area contributed by atoms with Gasteiger partial charge in [-0.15, -0.1) is 0 Å². The van der Waals surface area contributed by atoms with Crippen LogP contribution in [0.25, 0.3) is 0 Å². The summed E-state index contributed by atoms with van der Waals surface area (Å²) in [7, 11) is 0. The molecule has 5 nitrogen and oxygen atoms in total. The van der Waals surface area contributed by atoms with Crippen molar-refractivity contribution in [1.29, 1.82) is 0 Å². The third kappa shape index (κ3) is 2.06. The Morgan fingerprint density at radius 3 is 2.73 bits per heavy atom. The van der Waals surface area contributed by atoms with Gasteiger partial charge in [-0.25, -0.2) is 9.59 Å². The zero-order valence-electron chi connectivity index (χ0n) is 9.49. The van der Waals surface area contributed by atoms with E-state index in [4.69, 9.17) is 9.47 Å². The largest absolute Gasteiger partial charge is 0.463 e. The molecule has 0 bridgehead atoms. The lowest BCUT2D eigenvalue weighted by Crippen LogP contribution is -2.51. The summed E-state index contributed by atoms with van der Waals surface area (Å²) < 4.78 is 9.91. The predicted molar refractivity (Wildman–Crippen MR) is 53.3 cm³/mol. The first kappa shape index (κ1) is 11.8. The molecule has 86 valence electrons. The highest BCUT2D eigenvalue weighted by molar-refractivity contribution is 5.87. The van der Waals surface area contributed by atoms with Gasteiger partial charge >= 0.3 is 12.1 Å². The van der Waals surface area contributed by atoms with Crippen LogP contribution in [-0.4, -0.2) is 30.3 Å². The molecule has 1 fully saturated rings. The molecule has 2 atom stereocenters. The lowest BCUT2D eigenvalue weighted by atomic mass is 9.88. The monoisotopic (exact) mass is 215 g/mol. The van der Waals surface area contributed by atoms with E-state index in [1.807, 2.05) is 13.8 Å². The summed E-state index contributed by atoms with van der Waals surface area (Å²) in [5.74, 6) is -0.395. The molecule has 0 aromatic carbocycles. The van der Waals surface area contributed by atoms with E-state index in [2.05, 4.69) is 5.32 Å². The number of hydrogen-bond acceptors (Lipinski definition) is 4. The normalized spacial score (nSPS) is 29.9. The minimum atomic E-state index is -1.21. The van der Waals surface area contributed by atoms with Crippen molar-refractivity contribution in [3.8, 4) is 0 Å². The van der Waals surface area contributed by atoms with E-state index < -0.39 is 17.7 Å². The minimum Gasteiger partial charge on any atom is -0.463 e. The van der Waals surface area contributed by atoms with Crippen molar-refractivity contribution < 1.29 is 19.1 Å². The van der Waals surface area contributed by atoms with E-state index in [0.717, 1.165) is 0 Å². The summed E-state index contributed by atoms with van der Waals surface area (Å²) in [6.07, 6.45) is -0.566. The van der Waals surface area contributed by atoms with E-state index in [9.17, 15) is 9.59 Å². The number of ether oxygens (including phenoxy) is 2. The molecule has 1 heterocycles. The first-order chi connectivity index (χ1) is 6.91. The van der Waals surface area contributed by atoms with Crippen LogP contribution >= 0.6 is 0 Å². The fourth-order valence-electron chi connectivity index (χ4n) is 1.80. The Bertz CT molecular complexity index is 277. The van der Waals surface area contributed by atoms with Crippen LogP contribution in [0.1, 0.15) is 27.7 Å². The van der Waals surface area contributed by atoms with E-state index in [1.54, 1.807) is 13.8 Å². The zero-order chi connectivity index (χ0) is 11.6. The van der Waals surface area contributed by atoms with Crippen LogP contribution in [0.3, 0.4) is 0 Å². The zero-order valence-corrected chi connectivity index (χ0v) is 9.49. The second kappa shape index (κ2) is 4.08. The van der Waals surface area contributed by atoms with Crippen LogP contribution in [0.4, 0.5) is 4.79 Å². The number of amides is 1. The van der Waals surface area contributed by atoms with Crippen LogP contribution in [0.2, 0.25) is 0 Å². The highest BCUT2D eigenvalue weighted by Gasteiger charge is 2.53. The minimum absolute atomic E-state index is 0.103. The summed E-state index contributed by atoms with van der Waals surface area (Å²) in [6, 6.07) is -0.343. The van der Waals surface area contributed by atoms with Gasteiger partial charge in [0.05, 0.1) is 12.6 Å². The summed E-state index contributed by atoms with van der Waals surface area (Å²) >= 11 is 0. The lowest BCUT2D eigenvalue weighted by molar-refractivity contribution is -0.162. The van der Waals surface area contributed by atoms with Crippen LogP contribution in [0.15, 0.2) is 0 Å². The second-order valence-corrected chi connectivity index (χ2v) is 4.08. The molecule has 15 heavy (non-hydrogen) atoms. The molecule has 1 aliphatic rings. The summed E-state index contributed by atoms with van der Waals surface area (Å²) in [4.78, 5) is 22.8. The van der Waals surface area contributed by atoms with Gasteiger partial charge in [0.15, 0.2) is 0 Å². The third-order valence-electron chi connectivity index (χ3n) is 2.52. The summed E-state index contributed by atoms with van der Waals surface area (Å²) in [5.41, 5.74) is -1.21. The Morgan fingerprint density at radius 2 is 2.27 bits per heavy atom. The molecule has 5 heteroatoms. The molecule has 0 radical (unpaired) electrons. The second-order valence-electron chi connectivity index (χ2n) is 4.08. The van der Waals surface area contributed by atoms with Crippen molar-refractivity contribution in [2.24, 2.45) is 5.92 Å². The first-order valence-corrected chi connectivity index (χ1v) is 5.08. The van der Waals surface area contributed by atoms with Crippen LogP contribution < -0.4 is 5.32 Å². The molecule has 0 aromatic rings. The van der Waals surface area contributed by atoms with Crippen molar-refractivity contribution >= 4 is 12.1 Å². The molecular weight excluding hydrogens is 198 g/mol. The van der Waals surface area contributed by atoms with Crippen molar-refractivity contribution in [3.63, 3.8) is 0 Å². The highest BCUT2D eigenvalue weighted by Crippen LogP contribution is 2.28. The first-order valence-electron chi connectivity index (χ1n) is 5.08. The van der Waals surface area contributed by atoms with Gasteiger partial charge < -0.3 is 14.8 Å². The predicted octanol–water partition coefficient (Wildman–Crippen LogP) is 1.07. The number of carbonyl (C=O) groups excluding carboxylic acids is 2. The Labute approximate surface area is 89.1 Å². The quantitative estimate of drug-likeness (QED) is 0.715. The van der Waals surface area contributed by atoms with Gasteiger partial charge in [0.2, 0.25) is 5.60 Å². The number of hydrogen-bond donors (Lipinski definition) is 1. The number of nitrogens with one attached hydrogen (secondary N) is 1. The molecule has 0 aliphatic carbocycles. The van der Waals surface area contributed by atoms with E-state index in [1.165, 1.54) is 0 Å². The Kier molecular flexibility index (Phi) is 3.21. The molecule has 1 amide bonds. The van der Waals surface area contributed by atoms with Crippen molar-refractivity contribution in [3.05, 3.63) is 0 Å². The van der Waals surface area contributed by atoms with Gasteiger partial charge in [-0.3, -0.25) is 0 Å². The van der Waals surface area contributed by atoms with Gasteiger partial charge in [0, 0.05) is 0 Å². The van der Waals surface area contributed by atoms with Crippen molar-refractivity contribution in [2.45, 2.75) is 39.3 Å². The lowest BCUT2D eigenvalue weighted by Gasteiger charge is -2.28. The molecular formula is C10H17NO4. The molecule has 0 spiro atoms. The maximum Gasteiger partial charge on any atom is 0.408 e. The molecule has 1 aliphatic heterocycles. The number of alkyl carbamates (subject to hydrolysis) is 1. The van der Waals surface area contributed by atoms with Gasteiger partial charge in [-0.2, -0.15) is 0 Å². The fraction of sp³-hybridized carbons (Fsp3) is 0.800. The van der Waals surface area contributed by atoms with Crippen LogP contribution in [0, 0.1) is 5.92 Å². The molecule has 0 unspecified atom stereocenters. The molecule has 0 aromatic heterocycles. The van der Waals surface area contributed by atoms with Crippen molar-refractivity contribution in [2.75, 3.05) is 6.61 Å². The van der Waals surface area contributed by atoms with Gasteiger partial charge in [0.25, 0.3) is 0 Å². The summed E-state index contributed by atoms with van der Waals surface area (Å²) in [6.45, 7) is 7.40. The fourth-order valence-corrected chi connectivity index (χ4v) is 1.80. The highest BCUT2D eigenvalue weighted by atomic mass is 16.6. The van der Waals surface area contributed by atoms with Gasteiger partial charge in [-0.1, -0.05) is 13.8 Å². The smallest absolute Gasteiger partial charge is 0.408 e. The topological polar surface area (TPSA) is 64.6 Å². The average Bonchev–Trinajstić information content (AvgIpc) is 2.43. The number of cyclic esters (lactones) is 1. The summed E-state index contributed by atoms with van der Waals surface area (Å²) in [5, 5.41) is 2.62. The molecule has 1 saturated heterocycles. The third-order valence-corrected chi connectivity index (χ3v) is 2.52. The Hall–Kier alpha value is -1.26. The molecule has 0 saturated carbocycles. The van der Waals surface area contributed by atoms with E-state index in [-0.39, 0.29) is 18.6 Å². The van der Waals surface area contributed by atoms with Crippen LogP contribution in [0.5, 0.6) is 0 Å². The van der Waals surface area contributed by atoms with Gasteiger partial charge in [-0.05, 0) is 19.8 Å². The molecule has 1 rings (SSSR count). The Morgan fingerprint density at radius 1 is 1.67 bits per heavy atom. The number of carbonyl (C=O) groups is 2. The van der Waals surface area contributed by atoms with E-state index >= 15 is 0 Å². The maximum atomic E-state index is 11.7. The van der Waals surface area contributed by atoms with E-state index in [0.29, 0.717) is 0 Å². The van der Waals surface area contributed by atoms with Gasteiger partial charge in [0.1, 0.15) is 0 Å². The maximum absolute atomic E-state index is 11.7. The molecule has 1 N–H and O–H groups in total.